The third-order valence-electron chi connectivity index (χ3n) is 2.78. The molecule has 0 amide bonds. The lowest BCUT2D eigenvalue weighted by Crippen LogP contribution is -2.02. The number of nitrogens with zero attached hydrogens (tertiary/aromatic N) is 1. The number of aliphatic hydroxyl groups is 1. The van der Waals surface area contributed by atoms with Crippen LogP contribution in [0.1, 0.15) is 16.7 Å². The maximum atomic E-state index is 13.8. The lowest BCUT2D eigenvalue weighted by Gasteiger charge is -2.11. The molecule has 0 aromatic heterocycles. The Morgan fingerprint density at radius 1 is 1.15 bits per heavy atom. The Bertz CT molecular complexity index is 665. The number of rotatable bonds is 4. The number of ether oxygens (including phenoxy) is 1. The van der Waals surface area contributed by atoms with E-state index < -0.39 is 11.6 Å². The minimum atomic E-state index is -0.636. The molecule has 20 heavy (non-hydrogen) atoms. The molecule has 0 aliphatic carbocycles. The molecule has 3 nitrogen and oxygen atoms in total. The second kappa shape index (κ2) is 6.13. The first-order chi connectivity index (χ1) is 9.65. The van der Waals surface area contributed by atoms with Crippen LogP contribution >= 0.6 is 0 Å². The first-order valence-corrected chi connectivity index (χ1v) is 5.85. The van der Waals surface area contributed by atoms with E-state index in [1.165, 1.54) is 24.3 Å². The van der Waals surface area contributed by atoms with Crippen LogP contribution in [0.25, 0.3) is 0 Å². The largest absolute Gasteiger partial charge is 0.488 e. The van der Waals surface area contributed by atoms with Gasteiger partial charge in [-0.3, -0.25) is 0 Å². The van der Waals surface area contributed by atoms with Crippen LogP contribution in [-0.4, -0.2) is 5.11 Å². The van der Waals surface area contributed by atoms with Crippen molar-refractivity contribution in [2.75, 3.05) is 0 Å². The molecule has 0 radical (unpaired) electrons. The lowest BCUT2D eigenvalue weighted by atomic mass is 10.1. The van der Waals surface area contributed by atoms with Gasteiger partial charge in [0.1, 0.15) is 30.1 Å². The molecule has 5 heteroatoms. The van der Waals surface area contributed by atoms with Gasteiger partial charge in [0.05, 0.1) is 12.2 Å². The molecule has 0 unspecified atom stereocenters. The highest BCUT2D eigenvalue weighted by molar-refractivity contribution is 5.36. The third-order valence-corrected chi connectivity index (χ3v) is 2.78. The quantitative estimate of drug-likeness (QED) is 0.933. The van der Waals surface area contributed by atoms with Crippen molar-refractivity contribution in [3.63, 3.8) is 0 Å². The molecule has 0 atom stereocenters. The van der Waals surface area contributed by atoms with E-state index in [9.17, 15) is 8.78 Å². The van der Waals surface area contributed by atoms with Gasteiger partial charge in [-0.1, -0.05) is 12.1 Å². The van der Waals surface area contributed by atoms with Crippen LogP contribution in [0.15, 0.2) is 36.4 Å². The van der Waals surface area contributed by atoms with Gasteiger partial charge in [-0.25, -0.2) is 8.78 Å². The zero-order valence-corrected chi connectivity index (χ0v) is 10.4. The number of benzene rings is 2. The molecule has 0 fully saturated rings. The molecular weight excluding hydrogens is 264 g/mol. The van der Waals surface area contributed by atoms with E-state index in [4.69, 9.17) is 15.1 Å². The highest BCUT2D eigenvalue weighted by Crippen LogP contribution is 2.22. The standard InChI is InChI=1S/C15H11F2NO2/c16-13-4-5-14(12(6-13)8-19)20-9-11-3-1-2-10(7-18)15(11)17/h1-6,19H,8-9H2. The second-order valence-electron chi connectivity index (χ2n) is 4.09. The Balaban J connectivity index is 2.19. The molecule has 1 N–H and O–H groups in total. The van der Waals surface area contributed by atoms with Crippen LogP contribution in [0.2, 0.25) is 0 Å². The molecule has 0 saturated heterocycles. The summed E-state index contributed by atoms with van der Waals surface area (Å²) in [5, 5.41) is 17.8. The zero-order valence-electron chi connectivity index (χ0n) is 10.4. The van der Waals surface area contributed by atoms with Crippen molar-refractivity contribution in [2.45, 2.75) is 13.2 Å². The summed E-state index contributed by atoms with van der Waals surface area (Å²) < 4.78 is 32.2. The maximum Gasteiger partial charge on any atom is 0.147 e. The van der Waals surface area contributed by atoms with E-state index in [0.717, 1.165) is 6.07 Å². The van der Waals surface area contributed by atoms with Gasteiger partial charge < -0.3 is 9.84 Å². The number of halogens is 2. The van der Waals surface area contributed by atoms with Crippen molar-refractivity contribution >= 4 is 0 Å². The normalized spacial score (nSPS) is 10.1. The number of aliphatic hydroxyl groups excluding tert-OH is 1. The van der Waals surface area contributed by atoms with E-state index in [1.807, 2.05) is 0 Å². The molecule has 2 aromatic rings. The number of hydrogen-bond acceptors (Lipinski definition) is 3. The van der Waals surface area contributed by atoms with E-state index in [2.05, 4.69) is 0 Å². The summed E-state index contributed by atoms with van der Waals surface area (Å²) in [4.78, 5) is 0. The fraction of sp³-hybridized carbons (Fsp3) is 0.133. The SMILES string of the molecule is N#Cc1cccc(COc2ccc(F)cc2CO)c1F. The smallest absolute Gasteiger partial charge is 0.147 e. The minimum Gasteiger partial charge on any atom is -0.488 e. The molecule has 0 saturated carbocycles. The van der Waals surface area contributed by atoms with Gasteiger partial charge in [-0.15, -0.1) is 0 Å². The molecule has 0 aliphatic rings. The van der Waals surface area contributed by atoms with Crippen molar-refractivity contribution < 1.29 is 18.6 Å². The van der Waals surface area contributed by atoms with E-state index >= 15 is 0 Å². The van der Waals surface area contributed by atoms with Gasteiger partial charge >= 0.3 is 0 Å². The summed E-state index contributed by atoms with van der Waals surface area (Å²) in [6.45, 7) is -0.492. The average molecular weight is 275 g/mol. The predicted molar refractivity (Wildman–Crippen MR) is 67.8 cm³/mol. The summed E-state index contributed by atoms with van der Waals surface area (Å²) in [6, 6.07) is 9.88. The Morgan fingerprint density at radius 2 is 1.95 bits per heavy atom. The van der Waals surface area contributed by atoms with Gasteiger partial charge in [0, 0.05) is 11.1 Å². The first-order valence-electron chi connectivity index (χ1n) is 5.85. The van der Waals surface area contributed by atoms with Crippen LogP contribution in [0, 0.1) is 23.0 Å². The summed E-state index contributed by atoms with van der Waals surface area (Å²) in [7, 11) is 0. The van der Waals surface area contributed by atoms with Crippen LogP contribution in [0.4, 0.5) is 8.78 Å². The topological polar surface area (TPSA) is 53.2 Å². The predicted octanol–water partition coefficient (Wildman–Crippen LogP) is 2.91. The third kappa shape index (κ3) is 2.92. The molecule has 0 heterocycles. The number of nitriles is 1. The first kappa shape index (κ1) is 14.0. The highest BCUT2D eigenvalue weighted by atomic mass is 19.1. The van der Waals surface area contributed by atoms with E-state index in [1.54, 1.807) is 12.1 Å². The van der Waals surface area contributed by atoms with Crippen LogP contribution in [0.3, 0.4) is 0 Å². The van der Waals surface area contributed by atoms with Crippen molar-refractivity contribution in [2.24, 2.45) is 0 Å². The molecule has 0 bridgehead atoms. The fourth-order valence-electron chi connectivity index (χ4n) is 1.75. The van der Waals surface area contributed by atoms with Gasteiger partial charge in [0.15, 0.2) is 0 Å². The summed E-state index contributed by atoms with van der Waals surface area (Å²) >= 11 is 0. The Hall–Kier alpha value is -2.45. The summed E-state index contributed by atoms with van der Waals surface area (Å²) in [5.74, 6) is -0.850. The van der Waals surface area contributed by atoms with Crippen LogP contribution in [0.5, 0.6) is 5.75 Å². The summed E-state index contributed by atoms with van der Waals surface area (Å²) in [6.07, 6.45) is 0. The van der Waals surface area contributed by atoms with Crippen molar-refractivity contribution in [3.8, 4) is 11.8 Å². The average Bonchev–Trinajstić information content (AvgIpc) is 2.47. The lowest BCUT2D eigenvalue weighted by molar-refractivity contribution is 0.256. The van der Waals surface area contributed by atoms with Crippen LogP contribution < -0.4 is 4.74 Å². The maximum absolute atomic E-state index is 13.8. The van der Waals surface area contributed by atoms with Crippen LogP contribution in [-0.2, 0) is 13.2 Å². The Labute approximate surface area is 114 Å². The number of hydrogen-bond donors (Lipinski definition) is 1. The van der Waals surface area contributed by atoms with Crippen molar-refractivity contribution in [3.05, 3.63) is 64.7 Å². The van der Waals surface area contributed by atoms with Gasteiger partial charge in [-0.05, 0) is 24.3 Å². The molecule has 0 aliphatic heterocycles. The van der Waals surface area contributed by atoms with Gasteiger partial charge in [-0.2, -0.15) is 5.26 Å². The molecule has 2 rings (SSSR count). The highest BCUT2D eigenvalue weighted by Gasteiger charge is 2.10. The molecule has 2 aromatic carbocycles. The molecule has 0 spiro atoms. The minimum absolute atomic E-state index is 0.0624. The Morgan fingerprint density at radius 3 is 2.65 bits per heavy atom. The second-order valence-corrected chi connectivity index (χ2v) is 4.09. The van der Waals surface area contributed by atoms with E-state index in [-0.39, 0.29) is 35.7 Å². The van der Waals surface area contributed by atoms with Gasteiger partial charge in [0.25, 0.3) is 0 Å². The van der Waals surface area contributed by atoms with Crippen molar-refractivity contribution in [1.82, 2.24) is 0 Å². The molecule has 102 valence electrons. The fourth-order valence-corrected chi connectivity index (χ4v) is 1.75. The molecular formula is C15H11F2NO2. The van der Waals surface area contributed by atoms with Crippen molar-refractivity contribution in [1.29, 1.82) is 5.26 Å². The zero-order chi connectivity index (χ0) is 14.5. The van der Waals surface area contributed by atoms with Gasteiger partial charge in [0.2, 0.25) is 0 Å². The Kier molecular flexibility index (Phi) is 4.28. The monoisotopic (exact) mass is 275 g/mol. The van der Waals surface area contributed by atoms with E-state index in [0.29, 0.717) is 0 Å². The summed E-state index contributed by atoms with van der Waals surface area (Å²) in [5.41, 5.74) is 0.437.